The molecule has 1 aliphatic rings. The lowest BCUT2D eigenvalue weighted by molar-refractivity contribution is 0.338. The van der Waals surface area contributed by atoms with Crippen LogP contribution in [0.1, 0.15) is 64.1 Å². The molecule has 0 fully saturated rings. The second kappa shape index (κ2) is 2.85. The van der Waals surface area contributed by atoms with Crippen molar-refractivity contribution in [3.05, 3.63) is 17.5 Å². The predicted octanol–water partition coefficient (Wildman–Crippen LogP) is 3.25. The molecule has 0 aliphatic heterocycles. The van der Waals surface area contributed by atoms with Gasteiger partial charge in [-0.2, -0.15) is 5.10 Å². The Hall–Kier alpha value is -0.790. The lowest BCUT2D eigenvalue weighted by Crippen LogP contribution is -2.25. The van der Waals surface area contributed by atoms with Gasteiger partial charge in [-0.15, -0.1) is 0 Å². The molecule has 0 amide bonds. The second-order valence-corrected chi connectivity index (χ2v) is 5.61. The number of aromatic nitrogens is 2. The van der Waals surface area contributed by atoms with E-state index in [0.717, 1.165) is 0 Å². The number of hydrogen-bond donors (Lipinski definition) is 0. The summed E-state index contributed by atoms with van der Waals surface area (Å²) < 4.78 is 2.20. The van der Waals surface area contributed by atoms with Crippen molar-refractivity contribution in [1.29, 1.82) is 0 Å². The Balaban J connectivity index is 2.52. The zero-order valence-corrected chi connectivity index (χ0v) is 9.83. The van der Waals surface area contributed by atoms with Crippen LogP contribution in [-0.4, -0.2) is 9.78 Å². The van der Waals surface area contributed by atoms with Crippen molar-refractivity contribution < 1.29 is 0 Å². The van der Waals surface area contributed by atoms with Gasteiger partial charge in [-0.25, -0.2) is 0 Å². The fourth-order valence-corrected chi connectivity index (χ4v) is 2.55. The molecule has 1 aromatic heterocycles. The van der Waals surface area contributed by atoms with Crippen molar-refractivity contribution in [1.82, 2.24) is 9.78 Å². The summed E-state index contributed by atoms with van der Waals surface area (Å²) >= 11 is 0. The molecule has 1 heterocycles. The SMILES string of the molecule is C[C@@H]1C[C@H](C)c2cnn(C(C)(C)C)c21. The number of hydrogen-bond acceptors (Lipinski definition) is 1. The molecule has 0 aromatic carbocycles. The normalized spacial score (nSPS) is 26.6. The fourth-order valence-electron chi connectivity index (χ4n) is 2.55. The molecule has 0 spiro atoms. The molecule has 0 unspecified atom stereocenters. The highest BCUT2D eigenvalue weighted by molar-refractivity contribution is 5.31. The highest BCUT2D eigenvalue weighted by atomic mass is 15.3. The highest BCUT2D eigenvalue weighted by Crippen LogP contribution is 2.42. The molecule has 0 saturated heterocycles. The summed E-state index contributed by atoms with van der Waals surface area (Å²) in [5.41, 5.74) is 3.05. The van der Waals surface area contributed by atoms with E-state index >= 15 is 0 Å². The maximum absolute atomic E-state index is 4.53. The van der Waals surface area contributed by atoms with E-state index < -0.39 is 0 Å². The van der Waals surface area contributed by atoms with Crippen LogP contribution in [0.3, 0.4) is 0 Å². The number of rotatable bonds is 0. The van der Waals surface area contributed by atoms with Crippen LogP contribution in [0.5, 0.6) is 0 Å². The van der Waals surface area contributed by atoms with Gasteiger partial charge in [0.25, 0.3) is 0 Å². The first-order valence-electron chi connectivity index (χ1n) is 5.49. The summed E-state index contributed by atoms with van der Waals surface area (Å²) in [6, 6.07) is 0. The average molecular weight is 192 g/mol. The molecular weight excluding hydrogens is 172 g/mol. The van der Waals surface area contributed by atoms with E-state index in [0.29, 0.717) is 11.8 Å². The van der Waals surface area contributed by atoms with Gasteiger partial charge in [0.05, 0.1) is 11.7 Å². The molecule has 1 aliphatic carbocycles. The molecule has 2 rings (SSSR count). The van der Waals surface area contributed by atoms with Crippen LogP contribution in [0.15, 0.2) is 6.20 Å². The molecule has 0 bridgehead atoms. The van der Waals surface area contributed by atoms with Gasteiger partial charge in [-0.1, -0.05) is 13.8 Å². The Labute approximate surface area is 86.3 Å². The minimum absolute atomic E-state index is 0.117. The van der Waals surface area contributed by atoms with Crippen molar-refractivity contribution >= 4 is 0 Å². The third kappa shape index (κ3) is 1.28. The van der Waals surface area contributed by atoms with Crippen LogP contribution in [0.4, 0.5) is 0 Å². The molecule has 0 saturated carbocycles. The molecule has 2 atom stereocenters. The van der Waals surface area contributed by atoms with Gasteiger partial charge >= 0.3 is 0 Å². The zero-order valence-electron chi connectivity index (χ0n) is 9.83. The molecule has 2 nitrogen and oxygen atoms in total. The van der Waals surface area contributed by atoms with Crippen LogP contribution in [0, 0.1) is 0 Å². The van der Waals surface area contributed by atoms with E-state index in [2.05, 4.69) is 50.6 Å². The lowest BCUT2D eigenvalue weighted by Gasteiger charge is -2.23. The second-order valence-electron chi connectivity index (χ2n) is 5.61. The molecular formula is C12H20N2. The summed E-state index contributed by atoms with van der Waals surface area (Å²) in [5.74, 6) is 1.36. The van der Waals surface area contributed by atoms with Gasteiger partial charge < -0.3 is 0 Å². The molecule has 2 heteroatoms. The fraction of sp³-hybridized carbons (Fsp3) is 0.750. The number of fused-ring (bicyclic) bond motifs is 1. The lowest BCUT2D eigenvalue weighted by atomic mass is 10.0. The minimum atomic E-state index is 0.117. The topological polar surface area (TPSA) is 17.8 Å². The first-order valence-corrected chi connectivity index (χ1v) is 5.49. The molecule has 0 radical (unpaired) electrons. The Morgan fingerprint density at radius 3 is 2.50 bits per heavy atom. The van der Waals surface area contributed by atoms with E-state index in [1.807, 2.05) is 0 Å². The van der Waals surface area contributed by atoms with E-state index in [1.54, 1.807) is 0 Å². The van der Waals surface area contributed by atoms with Crippen LogP contribution >= 0.6 is 0 Å². The van der Waals surface area contributed by atoms with Crippen LogP contribution in [0.25, 0.3) is 0 Å². The van der Waals surface area contributed by atoms with Gasteiger partial charge in [0.15, 0.2) is 0 Å². The minimum Gasteiger partial charge on any atom is -0.264 e. The molecule has 14 heavy (non-hydrogen) atoms. The standard InChI is InChI=1S/C12H20N2/c1-8-6-9(2)11-10(8)7-13-14(11)12(3,4)5/h7-9H,6H2,1-5H3/t8-,9+/m0/s1. The molecule has 0 N–H and O–H groups in total. The van der Waals surface area contributed by atoms with Crippen molar-refractivity contribution in [2.24, 2.45) is 0 Å². The third-order valence-electron chi connectivity index (χ3n) is 3.18. The van der Waals surface area contributed by atoms with Gasteiger partial charge in [0.2, 0.25) is 0 Å². The van der Waals surface area contributed by atoms with E-state index in [4.69, 9.17) is 0 Å². The Morgan fingerprint density at radius 2 is 1.93 bits per heavy atom. The maximum Gasteiger partial charge on any atom is 0.0546 e. The van der Waals surface area contributed by atoms with Crippen LogP contribution in [0.2, 0.25) is 0 Å². The zero-order chi connectivity index (χ0) is 10.5. The third-order valence-corrected chi connectivity index (χ3v) is 3.18. The van der Waals surface area contributed by atoms with Gasteiger partial charge in [0, 0.05) is 5.69 Å². The summed E-state index contributed by atoms with van der Waals surface area (Å²) in [5, 5.41) is 4.53. The van der Waals surface area contributed by atoms with Crippen molar-refractivity contribution in [3.8, 4) is 0 Å². The predicted molar refractivity (Wildman–Crippen MR) is 58.7 cm³/mol. The van der Waals surface area contributed by atoms with Gasteiger partial charge in [-0.3, -0.25) is 4.68 Å². The van der Waals surface area contributed by atoms with Crippen LogP contribution < -0.4 is 0 Å². The summed E-state index contributed by atoms with van der Waals surface area (Å²) in [6.07, 6.45) is 3.35. The monoisotopic (exact) mass is 192 g/mol. The Bertz CT molecular complexity index is 344. The van der Waals surface area contributed by atoms with E-state index in [-0.39, 0.29) is 5.54 Å². The van der Waals surface area contributed by atoms with Gasteiger partial charge in [-0.05, 0) is 44.6 Å². The Kier molecular flexibility index (Phi) is 1.98. The Morgan fingerprint density at radius 1 is 1.29 bits per heavy atom. The first-order chi connectivity index (χ1) is 6.41. The van der Waals surface area contributed by atoms with Crippen molar-refractivity contribution in [3.63, 3.8) is 0 Å². The van der Waals surface area contributed by atoms with Gasteiger partial charge in [0.1, 0.15) is 0 Å². The summed E-state index contributed by atoms with van der Waals surface area (Å²) in [4.78, 5) is 0. The largest absolute Gasteiger partial charge is 0.264 e. The quantitative estimate of drug-likeness (QED) is 0.617. The van der Waals surface area contributed by atoms with E-state index in [9.17, 15) is 0 Å². The summed E-state index contributed by atoms with van der Waals surface area (Å²) in [6.45, 7) is 11.3. The number of nitrogens with zero attached hydrogens (tertiary/aromatic N) is 2. The average Bonchev–Trinajstić information content (AvgIpc) is 2.53. The molecule has 1 aromatic rings. The summed E-state index contributed by atoms with van der Waals surface area (Å²) in [7, 11) is 0. The van der Waals surface area contributed by atoms with Crippen LogP contribution in [-0.2, 0) is 5.54 Å². The van der Waals surface area contributed by atoms with Crippen molar-refractivity contribution in [2.75, 3.05) is 0 Å². The maximum atomic E-state index is 4.53. The first kappa shape index (κ1) is 9.75. The molecule has 78 valence electrons. The highest BCUT2D eigenvalue weighted by Gasteiger charge is 2.32. The van der Waals surface area contributed by atoms with E-state index in [1.165, 1.54) is 17.7 Å². The smallest absolute Gasteiger partial charge is 0.0546 e. The van der Waals surface area contributed by atoms with Crippen molar-refractivity contribution in [2.45, 2.75) is 58.4 Å².